The number of para-hydroxylation sites is 1. The van der Waals surface area contributed by atoms with Crippen molar-refractivity contribution in [1.29, 1.82) is 0 Å². The Morgan fingerprint density at radius 3 is 2.81 bits per heavy atom. The fourth-order valence-corrected chi connectivity index (χ4v) is 2.02. The van der Waals surface area contributed by atoms with Crippen molar-refractivity contribution >= 4 is 27.9 Å². The zero-order chi connectivity index (χ0) is 11.3. The molecule has 0 atom stereocenters. The molecule has 0 aliphatic carbocycles. The van der Waals surface area contributed by atoms with E-state index in [1.165, 1.54) is 0 Å². The van der Waals surface area contributed by atoms with Crippen molar-refractivity contribution in [2.24, 2.45) is 0 Å². The van der Waals surface area contributed by atoms with Crippen LogP contribution in [0.3, 0.4) is 0 Å². The Morgan fingerprint density at radius 2 is 2.06 bits per heavy atom. The number of anilines is 1. The number of nitrogen functional groups attached to an aromatic ring is 1. The molecule has 0 saturated heterocycles. The molecule has 4 nitrogen and oxygen atoms in total. The average molecular weight is 215 g/mol. The molecule has 0 unspecified atom stereocenters. The number of fused-ring (bicyclic) bond motifs is 3. The number of hydrogen-bond donors (Lipinski definition) is 1. The third-order valence-corrected chi connectivity index (χ3v) is 2.74. The molecule has 2 heterocycles. The number of rotatable bonds is 1. The third kappa shape index (κ3) is 1.07. The Bertz CT molecular complexity index is 663. The van der Waals surface area contributed by atoms with Crippen LogP contribution in [0.1, 0.15) is 19.9 Å². The molecule has 0 aliphatic rings. The molecule has 82 valence electrons. The van der Waals surface area contributed by atoms with Gasteiger partial charge in [0.1, 0.15) is 11.1 Å². The molecule has 0 aliphatic heterocycles. The maximum absolute atomic E-state index is 5.85. The van der Waals surface area contributed by atoms with Gasteiger partial charge in [-0.2, -0.15) is 5.10 Å². The van der Waals surface area contributed by atoms with E-state index >= 15 is 0 Å². The van der Waals surface area contributed by atoms with E-state index in [2.05, 4.69) is 18.9 Å². The van der Waals surface area contributed by atoms with Crippen LogP contribution >= 0.6 is 0 Å². The molecule has 2 N–H and O–H groups in total. The van der Waals surface area contributed by atoms with Crippen LogP contribution in [0.25, 0.3) is 22.1 Å². The minimum atomic E-state index is 0.265. The van der Waals surface area contributed by atoms with Gasteiger partial charge in [-0.1, -0.05) is 12.1 Å². The lowest BCUT2D eigenvalue weighted by Gasteiger charge is -2.05. The first-order chi connectivity index (χ1) is 7.68. The number of hydrogen-bond acceptors (Lipinski definition) is 3. The monoisotopic (exact) mass is 215 g/mol. The second-order valence-corrected chi connectivity index (χ2v) is 4.20. The third-order valence-electron chi connectivity index (χ3n) is 2.74. The van der Waals surface area contributed by atoms with Gasteiger partial charge in [0.15, 0.2) is 11.4 Å². The highest BCUT2D eigenvalue weighted by molar-refractivity contribution is 6.06. The molecular formula is C12H13N3O. The van der Waals surface area contributed by atoms with Gasteiger partial charge in [0.25, 0.3) is 0 Å². The minimum absolute atomic E-state index is 0.265. The average Bonchev–Trinajstić information content (AvgIpc) is 2.77. The standard InChI is InChI=1S/C12H13N3O/c1-7(2)15-10-8-5-3-4-6-9(8)16-11(10)12(13)14-15/h3-7H,1-2H3,(H2,13,14). The van der Waals surface area contributed by atoms with Crippen molar-refractivity contribution in [2.45, 2.75) is 19.9 Å². The van der Waals surface area contributed by atoms with Crippen LogP contribution < -0.4 is 5.73 Å². The number of aromatic nitrogens is 2. The largest absolute Gasteiger partial charge is 0.450 e. The molecule has 2 aromatic heterocycles. The van der Waals surface area contributed by atoms with Crippen LogP contribution in [0.2, 0.25) is 0 Å². The zero-order valence-corrected chi connectivity index (χ0v) is 9.27. The predicted octanol–water partition coefficient (Wildman–Crippen LogP) is 2.95. The molecule has 0 spiro atoms. The maximum Gasteiger partial charge on any atom is 0.197 e. The van der Waals surface area contributed by atoms with Gasteiger partial charge in [0.05, 0.1) is 0 Å². The summed E-state index contributed by atoms with van der Waals surface area (Å²) in [5, 5.41) is 5.37. The second-order valence-electron chi connectivity index (χ2n) is 4.20. The van der Waals surface area contributed by atoms with E-state index in [9.17, 15) is 0 Å². The topological polar surface area (TPSA) is 57.0 Å². The summed E-state index contributed by atoms with van der Waals surface area (Å²) in [5.41, 5.74) is 8.39. The molecule has 16 heavy (non-hydrogen) atoms. The SMILES string of the molecule is CC(C)n1nc(N)c2oc3ccccc3c21. The Balaban J connectivity index is 2.53. The van der Waals surface area contributed by atoms with E-state index in [1.807, 2.05) is 28.9 Å². The van der Waals surface area contributed by atoms with Crippen LogP contribution in [0.5, 0.6) is 0 Å². The first-order valence-electron chi connectivity index (χ1n) is 5.33. The molecule has 1 aromatic carbocycles. The van der Waals surface area contributed by atoms with Crippen LogP contribution in [0.4, 0.5) is 5.82 Å². The Morgan fingerprint density at radius 1 is 1.31 bits per heavy atom. The summed E-state index contributed by atoms with van der Waals surface area (Å²) < 4.78 is 7.62. The van der Waals surface area contributed by atoms with E-state index in [1.54, 1.807) is 0 Å². The van der Waals surface area contributed by atoms with E-state index in [0.717, 1.165) is 16.5 Å². The second kappa shape index (κ2) is 3.01. The molecule has 0 amide bonds. The van der Waals surface area contributed by atoms with Gasteiger partial charge < -0.3 is 10.2 Å². The molecular weight excluding hydrogens is 202 g/mol. The van der Waals surface area contributed by atoms with Gasteiger partial charge in [-0.25, -0.2) is 0 Å². The molecule has 0 fully saturated rings. The Hall–Kier alpha value is -1.97. The van der Waals surface area contributed by atoms with Crippen LogP contribution in [0.15, 0.2) is 28.7 Å². The van der Waals surface area contributed by atoms with Crippen LogP contribution in [-0.2, 0) is 0 Å². The van der Waals surface area contributed by atoms with E-state index in [-0.39, 0.29) is 6.04 Å². The number of nitrogens with zero attached hydrogens (tertiary/aromatic N) is 2. The number of nitrogens with two attached hydrogens (primary N) is 1. The molecule has 0 bridgehead atoms. The maximum atomic E-state index is 5.85. The summed E-state index contributed by atoms with van der Waals surface area (Å²) in [6, 6.07) is 8.18. The zero-order valence-electron chi connectivity index (χ0n) is 9.27. The molecule has 4 heteroatoms. The molecule has 0 saturated carbocycles. The lowest BCUT2D eigenvalue weighted by molar-refractivity contribution is 0.554. The highest BCUT2D eigenvalue weighted by Gasteiger charge is 2.17. The fraction of sp³-hybridized carbons (Fsp3) is 0.250. The lowest BCUT2D eigenvalue weighted by atomic mass is 10.2. The van der Waals surface area contributed by atoms with Gasteiger partial charge in [0, 0.05) is 11.4 Å². The highest BCUT2D eigenvalue weighted by Crippen LogP contribution is 2.33. The number of benzene rings is 1. The molecule has 0 radical (unpaired) electrons. The van der Waals surface area contributed by atoms with E-state index in [4.69, 9.17) is 10.2 Å². The van der Waals surface area contributed by atoms with Gasteiger partial charge >= 0.3 is 0 Å². The normalized spacial score (nSPS) is 11.9. The summed E-state index contributed by atoms with van der Waals surface area (Å²) in [7, 11) is 0. The van der Waals surface area contributed by atoms with Crippen molar-refractivity contribution < 1.29 is 4.42 Å². The first-order valence-corrected chi connectivity index (χ1v) is 5.33. The van der Waals surface area contributed by atoms with Gasteiger partial charge in [-0.3, -0.25) is 4.68 Å². The quantitative estimate of drug-likeness (QED) is 0.679. The molecule has 3 aromatic rings. The first kappa shape index (κ1) is 9.27. The fourth-order valence-electron chi connectivity index (χ4n) is 2.02. The lowest BCUT2D eigenvalue weighted by Crippen LogP contribution is -2.03. The summed E-state index contributed by atoms with van der Waals surface area (Å²) in [6.45, 7) is 4.15. The number of furan rings is 1. The smallest absolute Gasteiger partial charge is 0.197 e. The Labute approximate surface area is 92.6 Å². The van der Waals surface area contributed by atoms with Gasteiger partial charge in [0.2, 0.25) is 0 Å². The van der Waals surface area contributed by atoms with Crippen molar-refractivity contribution in [2.75, 3.05) is 5.73 Å². The van der Waals surface area contributed by atoms with Crippen molar-refractivity contribution in [1.82, 2.24) is 9.78 Å². The van der Waals surface area contributed by atoms with Gasteiger partial charge in [-0.15, -0.1) is 0 Å². The molecule has 3 rings (SSSR count). The van der Waals surface area contributed by atoms with Crippen LogP contribution in [-0.4, -0.2) is 9.78 Å². The predicted molar refractivity (Wildman–Crippen MR) is 64.3 cm³/mol. The van der Waals surface area contributed by atoms with Crippen molar-refractivity contribution in [3.8, 4) is 0 Å². The summed E-state index contributed by atoms with van der Waals surface area (Å²) in [6.07, 6.45) is 0. The van der Waals surface area contributed by atoms with Crippen molar-refractivity contribution in [3.63, 3.8) is 0 Å². The highest BCUT2D eigenvalue weighted by atomic mass is 16.3. The minimum Gasteiger partial charge on any atom is -0.450 e. The van der Waals surface area contributed by atoms with Crippen molar-refractivity contribution in [3.05, 3.63) is 24.3 Å². The van der Waals surface area contributed by atoms with Crippen LogP contribution in [0, 0.1) is 0 Å². The summed E-state index contributed by atoms with van der Waals surface area (Å²) in [4.78, 5) is 0. The summed E-state index contributed by atoms with van der Waals surface area (Å²) >= 11 is 0. The van der Waals surface area contributed by atoms with Gasteiger partial charge in [-0.05, 0) is 26.0 Å². The van der Waals surface area contributed by atoms with E-state index < -0.39 is 0 Å². The summed E-state index contributed by atoms with van der Waals surface area (Å²) in [5.74, 6) is 0.458. The van der Waals surface area contributed by atoms with E-state index in [0.29, 0.717) is 11.4 Å². The Kier molecular flexibility index (Phi) is 1.74.